The van der Waals surface area contributed by atoms with Crippen molar-refractivity contribution < 1.29 is 9.47 Å². The van der Waals surface area contributed by atoms with E-state index in [9.17, 15) is 0 Å². The van der Waals surface area contributed by atoms with Crippen molar-refractivity contribution in [2.24, 2.45) is 0 Å². The van der Waals surface area contributed by atoms with Crippen LogP contribution in [-0.4, -0.2) is 33.5 Å². The van der Waals surface area contributed by atoms with Crippen molar-refractivity contribution >= 4 is 16.5 Å². The normalized spacial score (nSPS) is 18.4. The summed E-state index contributed by atoms with van der Waals surface area (Å²) in [6.45, 7) is 15.3. The van der Waals surface area contributed by atoms with Crippen molar-refractivity contribution in [1.82, 2.24) is 4.23 Å². The van der Waals surface area contributed by atoms with E-state index in [0.29, 0.717) is 12.8 Å². The number of benzene rings is 1. The van der Waals surface area contributed by atoms with E-state index in [-0.39, 0.29) is 0 Å². The Bertz CT molecular complexity index is 514. The average Bonchev–Trinajstić information content (AvgIpc) is 2.85. The third kappa shape index (κ3) is 2.78. The van der Waals surface area contributed by atoms with Crippen molar-refractivity contribution in [1.29, 1.82) is 0 Å². The Morgan fingerprint density at radius 1 is 0.857 bits per heavy atom. The van der Waals surface area contributed by atoms with E-state index in [2.05, 4.69) is 55.6 Å². The first-order valence-corrected chi connectivity index (χ1v) is 14.8. The lowest BCUT2D eigenvalue weighted by molar-refractivity contribution is 0.174. The third-order valence-corrected chi connectivity index (χ3v) is 12.1. The molecule has 3 nitrogen and oxygen atoms in total. The molecule has 1 aliphatic heterocycles. The fourth-order valence-corrected chi connectivity index (χ4v) is 14.9. The average molecular weight is 322 g/mol. The first kappa shape index (κ1) is 15.1. The zero-order chi connectivity index (χ0) is 15.4. The lowest BCUT2D eigenvalue weighted by Crippen LogP contribution is -2.63. The Balaban J connectivity index is 1.89. The number of hydrogen-bond donors (Lipinski definition) is 0. The molecule has 0 atom stereocenters. The van der Waals surface area contributed by atoms with Crippen LogP contribution in [-0.2, 0) is 12.8 Å². The summed E-state index contributed by atoms with van der Waals surface area (Å²) in [5, 5.41) is 0. The smallest absolute Gasteiger partial charge is 0.231 e. The molecule has 0 spiro atoms. The molecule has 0 unspecified atom stereocenters. The quantitative estimate of drug-likeness (QED) is 0.789. The minimum absolute atomic E-state index is 0.373. The summed E-state index contributed by atoms with van der Waals surface area (Å²) in [6.07, 6.45) is 2.33. The number of nitrogens with zero attached hydrogens (tertiary/aromatic N) is 1. The molecule has 3 rings (SSSR count). The summed E-state index contributed by atoms with van der Waals surface area (Å²) in [6, 6.07) is 5.09. The highest BCUT2D eigenvalue weighted by Gasteiger charge is 2.41. The number of ether oxygens (including phenoxy) is 2. The summed E-state index contributed by atoms with van der Waals surface area (Å²) in [7, 11) is -2.63. The van der Waals surface area contributed by atoms with Crippen molar-refractivity contribution in [3.05, 3.63) is 23.3 Å². The molecule has 1 aliphatic carbocycles. The van der Waals surface area contributed by atoms with E-state index in [1.54, 1.807) is 0 Å². The molecular formula is C16H27NO2Si2. The van der Waals surface area contributed by atoms with Gasteiger partial charge in [0.2, 0.25) is 6.79 Å². The molecule has 5 heteroatoms. The topological polar surface area (TPSA) is 21.7 Å². The van der Waals surface area contributed by atoms with Gasteiger partial charge in [-0.2, -0.15) is 0 Å². The SMILES string of the molecule is C[Si](C)(C)N(C1Cc2cc3c(cc2C1)OCO3)[Si](C)(C)C. The maximum atomic E-state index is 5.54. The molecule has 0 saturated heterocycles. The highest BCUT2D eigenvalue weighted by atomic mass is 28.4. The molecule has 0 N–H and O–H groups in total. The summed E-state index contributed by atoms with van der Waals surface area (Å²) >= 11 is 0. The van der Waals surface area contributed by atoms with Crippen LogP contribution in [0.3, 0.4) is 0 Å². The van der Waals surface area contributed by atoms with E-state index in [4.69, 9.17) is 9.47 Å². The van der Waals surface area contributed by atoms with Crippen LogP contribution < -0.4 is 9.47 Å². The lowest BCUT2D eigenvalue weighted by atomic mass is 10.1. The molecule has 0 radical (unpaired) electrons. The second kappa shape index (κ2) is 4.86. The van der Waals surface area contributed by atoms with E-state index < -0.39 is 16.5 Å². The fourth-order valence-electron chi connectivity index (χ4n) is 4.27. The zero-order valence-corrected chi connectivity index (χ0v) is 16.1. The van der Waals surface area contributed by atoms with Crippen LogP contribution in [0, 0.1) is 0 Å². The maximum absolute atomic E-state index is 5.54. The Kier molecular flexibility index (Phi) is 3.50. The fraction of sp³-hybridized carbons (Fsp3) is 0.625. The van der Waals surface area contributed by atoms with Crippen molar-refractivity contribution in [3.63, 3.8) is 0 Å². The van der Waals surface area contributed by atoms with Gasteiger partial charge in [-0.15, -0.1) is 0 Å². The first-order valence-electron chi connectivity index (χ1n) is 7.87. The lowest BCUT2D eigenvalue weighted by Gasteiger charge is -2.47. The highest BCUT2D eigenvalue weighted by Crippen LogP contribution is 2.40. The summed E-state index contributed by atoms with van der Waals surface area (Å²) in [4.78, 5) is 0. The molecule has 0 bridgehead atoms. The molecule has 1 aromatic carbocycles. The molecule has 1 aromatic rings. The molecule has 0 fully saturated rings. The van der Waals surface area contributed by atoms with Gasteiger partial charge >= 0.3 is 0 Å². The predicted molar refractivity (Wildman–Crippen MR) is 92.3 cm³/mol. The predicted octanol–water partition coefficient (Wildman–Crippen LogP) is 3.85. The summed E-state index contributed by atoms with van der Waals surface area (Å²) < 4.78 is 14.0. The van der Waals surface area contributed by atoms with Gasteiger partial charge in [-0.1, -0.05) is 39.3 Å². The second-order valence-electron chi connectivity index (χ2n) is 8.25. The van der Waals surface area contributed by atoms with Crippen molar-refractivity contribution in [3.8, 4) is 11.5 Å². The Labute approximate surface area is 130 Å². The molecule has 116 valence electrons. The highest BCUT2D eigenvalue weighted by molar-refractivity contribution is 6.89. The Morgan fingerprint density at radius 3 is 1.67 bits per heavy atom. The van der Waals surface area contributed by atoms with E-state index in [1.165, 1.54) is 24.0 Å². The minimum atomic E-state index is -1.32. The molecule has 21 heavy (non-hydrogen) atoms. The van der Waals surface area contributed by atoms with Crippen LogP contribution in [0.1, 0.15) is 11.1 Å². The monoisotopic (exact) mass is 321 g/mol. The van der Waals surface area contributed by atoms with Crippen LogP contribution in [0.5, 0.6) is 11.5 Å². The molecule has 0 amide bonds. The number of hydrogen-bond acceptors (Lipinski definition) is 3. The van der Waals surface area contributed by atoms with Gasteiger partial charge in [-0.05, 0) is 36.1 Å². The van der Waals surface area contributed by atoms with E-state index in [1.807, 2.05) is 0 Å². The largest absolute Gasteiger partial charge is 0.454 e. The van der Waals surface area contributed by atoms with E-state index >= 15 is 0 Å². The van der Waals surface area contributed by atoms with Gasteiger partial charge in [0.15, 0.2) is 11.5 Å². The molecular weight excluding hydrogens is 294 g/mol. The molecule has 0 saturated carbocycles. The first-order chi connectivity index (χ1) is 9.66. The van der Waals surface area contributed by atoms with Crippen LogP contribution >= 0.6 is 0 Å². The standard InChI is InChI=1S/C16H27NO2Si2/c1-20(2,3)17(21(4,5)6)14-7-12-9-15-16(19-11-18-15)10-13(12)8-14/h9-10,14H,7-8,11H2,1-6H3. The minimum Gasteiger partial charge on any atom is -0.454 e. The van der Waals surface area contributed by atoms with Gasteiger partial charge < -0.3 is 13.7 Å². The molecule has 1 heterocycles. The van der Waals surface area contributed by atoms with E-state index in [0.717, 1.165) is 11.5 Å². The van der Waals surface area contributed by atoms with Crippen LogP contribution in [0.25, 0.3) is 0 Å². The number of fused-ring (bicyclic) bond motifs is 2. The van der Waals surface area contributed by atoms with Crippen LogP contribution in [0.4, 0.5) is 0 Å². The van der Waals surface area contributed by atoms with Crippen LogP contribution in [0.15, 0.2) is 12.1 Å². The molecule has 0 aromatic heterocycles. The van der Waals surface area contributed by atoms with Crippen molar-refractivity contribution in [2.45, 2.75) is 58.2 Å². The van der Waals surface area contributed by atoms with Gasteiger partial charge in [-0.25, -0.2) is 0 Å². The van der Waals surface area contributed by atoms with Gasteiger partial charge in [0, 0.05) is 6.04 Å². The summed E-state index contributed by atoms with van der Waals surface area (Å²) in [5.41, 5.74) is 2.93. The van der Waals surface area contributed by atoms with Gasteiger partial charge in [-0.3, -0.25) is 0 Å². The summed E-state index contributed by atoms with van der Waals surface area (Å²) in [5.74, 6) is 1.86. The zero-order valence-electron chi connectivity index (χ0n) is 14.1. The maximum Gasteiger partial charge on any atom is 0.231 e. The Hall–Kier alpha value is -0.786. The van der Waals surface area contributed by atoms with Crippen LogP contribution in [0.2, 0.25) is 39.3 Å². The molecule has 2 aliphatic rings. The van der Waals surface area contributed by atoms with Gasteiger partial charge in [0.05, 0.1) is 0 Å². The number of rotatable bonds is 3. The Morgan fingerprint density at radius 2 is 1.29 bits per heavy atom. The van der Waals surface area contributed by atoms with Gasteiger partial charge in [0.1, 0.15) is 16.5 Å². The van der Waals surface area contributed by atoms with Crippen molar-refractivity contribution in [2.75, 3.05) is 6.79 Å². The third-order valence-electron chi connectivity index (χ3n) is 4.42. The van der Waals surface area contributed by atoms with Gasteiger partial charge in [0.25, 0.3) is 0 Å². The second-order valence-corrected chi connectivity index (χ2v) is 18.3.